The first kappa shape index (κ1) is 15.4. The van der Waals surface area contributed by atoms with Gasteiger partial charge >= 0.3 is 0 Å². The van der Waals surface area contributed by atoms with Crippen molar-refractivity contribution in [2.24, 2.45) is 0 Å². The van der Waals surface area contributed by atoms with Crippen LogP contribution in [-0.2, 0) is 10.0 Å². The van der Waals surface area contributed by atoms with E-state index in [0.717, 1.165) is 0 Å². The van der Waals surface area contributed by atoms with Gasteiger partial charge in [0.25, 0.3) is 10.0 Å². The Kier molecular flexibility index (Phi) is 4.24. The molecule has 0 fully saturated rings. The van der Waals surface area contributed by atoms with Crippen molar-refractivity contribution in [3.8, 4) is 5.75 Å². The number of aryl methyl sites for hydroxylation is 1. The Labute approximate surface area is 128 Å². The first-order chi connectivity index (χ1) is 9.83. The van der Waals surface area contributed by atoms with Gasteiger partial charge in [0.2, 0.25) is 0 Å². The molecule has 2 aromatic rings. The fourth-order valence-corrected chi connectivity index (χ4v) is 3.25. The highest BCUT2D eigenvalue weighted by molar-refractivity contribution is 7.92. The summed E-state index contributed by atoms with van der Waals surface area (Å²) in [7, 11) is -2.46. The number of methoxy groups -OCH3 is 1. The quantitative estimate of drug-likeness (QED) is 0.664. The maximum atomic E-state index is 12.5. The van der Waals surface area contributed by atoms with Crippen molar-refractivity contribution in [2.75, 3.05) is 17.6 Å². The summed E-state index contributed by atoms with van der Waals surface area (Å²) in [5, 5.41) is 0.289. The number of sulfonamides is 1. The third-order valence-corrected chi connectivity index (χ3v) is 4.37. The second kappa shape index (κ2) is 5.79. The lowest BCUT2D eigenvalue weighted by molar-refractivity contribution is 0.403. The molecule has 1 aromatic heterocycles. The molecule has 0 unspecified atom stereocenters. The van der Waals surface area contributed by atoms with Crippen molar-refractivity contribution in [3.05, 3.63) is 41.2 Å². The standard InChI is InChI=1S/C13H14ClN3O3S/c1-8-10(4-6-13(14)16-8)17-21(18,19)12-7-9(15)3-5-11(12)20-2/h3-7,17H,15H2,1-2H3. The molecule has 0 saturated heterocycles. The van der Waals surface area contributed by atoms with E-state index in [1.54, 1.807) is 19.1 Å². The normalized spacial score (nSPS) is 11.2. The number of nitrogens with zero attached hydrogens (tertiary/aromatic N) is 1. The number of ether oxygens (including phenoxy) is 1. The Morgan fingerprint density at radius 3 is 2.62 bits per heavy atom. The van der Waals surface area contributed by atoms with Crippen LogP contribution < -0.4 is 15.2 Å². The fraction of sp³-hybridized carbons (Fsp3) is 0.154. The molecular formula is C13H14ClN3O3S. The van der Waals surface area contributed by atoms with Crippen molar-refractivity contribution in [3.63, 3.8) is 0 Å². The summed E-state index contributed by atoms with van der Waals surface area (Å²) in [6.07, 6.45) is 0. The van der Waals surface area contributed by atoms with E-state index in [2.05, 4.69) is 9.71 Å². The van der Waals surface area contributed by atoms with Gasteiger partial charge < -0.3 is 10.5 Å². The number of rotatable bonds is 4. The molecule has 0 radical (unpaired) electrons. The predicted octanol–water partition coefficient (Wildman–Crippen LogP) is 2.44. The summed E-state index contributed by atoms with van der Waals surface area (Å²) in [4.78, 5) is 3.95. The molecule has 0 spiro atoms. The van der Waals surface area contributed by atoms with Crippen molar-refractivity contribution in [1.82, 2.24) is 4.98 Å². The van der Waals surface area contributed by atoms with Crippen LogP contribution >= 0.6 is 11.6 Å². The number of pyridine rings is 1. The maximum Gasteiger partial charge on any atom is 0.265 e. The van der Waals surface area contributed by atoms with Crippen LogP contribution in [0.2, 0.25) is 5.15 Å². The summed E-state index contributed by atoms with van der Waals surface area (Å²) in [5.74, 6) is 0.205. The Hall–Kier alpha value is -1.99. The van der Waals surface area contributed by atoms with E-state index < -0.39 is 10.0 Å². The minimum atomic E-state index is -3.85. The average molecular weight is 328 g/mol. The number of aromatic nitrogens is 1. The van der Waals surface area contributed by atoms with Crippen LogP contribution in [0.5, 0.6) is 5.75 Å². The summed E-state index contributed by atoms with van der Waals surface area (Å²) < 4.78 is 32.4. The third-order valence-electron chi connectivity index (χ3n) is 2.77. The molecule has 112 valence electrons. The van der Waals surface area contributed by atoms with Crippen molar-refractivity contribution in [2.45, 2.75) is 11.8 Å². The van der Waals surface area contributed by atoms with E-state index in [9.17, 15) is 8.42 Å². The van der Waals surface area contributed by atoms with Gasteiger partial charge in [-0.3, -0.25) is 4.72 Å². The average Bonchev–Trinajstić information content (AvgIpc) is 2.42. The summed E-state index contributed by atoms with van der Waals surface area (Å²) in [6.45, 7) is 1.65. The van der Waals surface area contributed by atoms with Crippen LogP contribution in [0.4, 0.5) is 11.4 Å². The van der Waals surface area contributed by atoms with E-state index >= 15 is 0 Å². The SMILES string of the molecule is COc1ccc(N)cc1S(=O)(=O)Nc1ccc(Cl)nc1C. The minimum absolute atomic E-state index is 0.0423. The molecule has 1 heterocycles. The first-order valence-electron chi connectivity index (χ1n) is 5.93. The molecule has 0 aliphatic heterocycles. The molecule has 3 N–H and O–H groups in total. The summed E-state index contributed by atoms with van der Waals surface area (Å²) in [5.41, 5.74) is 6.77. The molecule has 0 bridgehead atoms. The number of nitrogens with one attached hydrogen (secondary N) is 1. The lowest BCUT2D eigenvalue weighted by Crippen LogP contribution is -2.15. The lowest BCUT2D eigenvalue weighted by Gasteiger charge is -2.13. The summed E-state index contributed by atoms with van der Waals surface area (Å²) in [6, 6.07) is 7.44. The molecule has 0 amide bonds. The number of anilines is 2. The van der Waals surface area contributed by atoms with Crippen molar-refractivity contribution >= 4 is 33.0 Å². The molecule has 0 aliphatic rings. The second-order valence-electron chi connectivity index (χ2n) is 4.28. The van der Waals surface area contributed by atoms with E-state index in [1.807, 2.05) is 0 Å². The van der Waals surface area contributed by atoms with Crippen molar-refractivity contribution in [1.29, 1.82) is 0 Å². The number of hydrogen-bond acceptors (Lipinski definition) is 5. The highest BCUT2D eigenvalue weighted by atomic mass is 35.5. The largest absolute Gasteiger partial charge is 0.495 e. The number of halogens is 1. The molecule has 1 aromatic carbocycles. The van der Waals surface area contributed by atoms with E-state index in [-0.39, 0.29) is 15.8 Å². The second-order valence-corrected chi connectivity index (χ2v) is 6.32. The number of benzene rings is 1. The predicted molar refractivity (Wildman–Crippen MR) is 82.2 cm³/mol. The molecular weight excluding hydrogens is 314 g/mol. The molecule has 0 aliphatic carbocycles. The van der Waals surface area contributed by atoms with Crippen molar-refractivity contribution < 1.29 is 13.2 Å². The number of nitrogen functional groups attached to an aromatic ring is 1. The zero-order valence-electron chi connectivity index (χ0n) is 11.4. The zero-order chi connectivity index (χ0) is 15.6. The van der Waals surface area contributed by atoms with Crippen LogP contribution in [0.25, 0.3) is 0 Å². The van der Waals surface area contributed by atoms with Crippen LogP contribution in [0, 0.1) is 6.92 Å². The van der Waals surface area contributed by atoms with Gasteiger partial charge in [-0.25, -0.2) is 13.4 Å². The van der Waals surface area contributed by atoms with Gasteiger partial charge in [0.05, 0.1) is 18.5 Å². The number of hydrogen-bond donors (Lipinski definition) is 2. The van der Waals surface area contributed by atoms with Gasteiger partial charge in [0.15, 0.2) is 0 Å². The van der Waals surface area contributed by atoms with Gasteiger partial charge in [0.1, 0.15) is 15.8 Å². The smallest absolute Gasteiger partial charge is 0.265 e. The van der Waals surface area contributed by atoms with Crippen LogP contribution in [0.15, 0.2) is 35.2 Å². The lowest BCUT2D eigenvalue weighted by atomic mass is 10.3. The first-order valence-corrected chi connectivity index (χ1v) is 7.79. The van der Waals surface area contributed by atoms with Gasteiger partial charge in [0, 0.05) is 5.69 Å². The molecule has 21 heavy (non-hydrogen) atoms. The van der Waals surface area contributed by atoms with Crippen LogP contribution in [-0.4, -0.2) is 20.5 Å². The van der Waals surface area contributed by atoms with Gasteiger partial charge in [-0.15, -0.1) is 0 Å². The van der Waals surface area contributed by atoms with Gasteiger partial charge in [-0.2, -0.15) is 0 Å². The monoisotopic (exact) mass is 327 g/mol. The Morgan fingerprint density at radius 1 is 1.29 bits per heavy atom. The molecule has 0 saturated carbocycles. The molecule has 8 heteroatoms. The van der Waals surface area contributed by atoms with E-state index in [0.29, 0.717) is 17.1 Å². The minimum Gasteiger partial charge on any atom is -0.495 e. The Bertz CT molecular complexity index is 778. The molecule has 6 nitrogen and oxygen atoms in total. The third kappa shape index (κ3) is 3.37. The highest BCUT2D eigenvalue weighted by Gasteiger charge is 2.21. The van der Waals surface area contributed by atoms with Gasteiger partial charge in [-0.1, -0.05) is 11.6 Å². The maximum absolute atomic E-state index is 12.5. The number of nitrogens with two attached hydrogens (primary N) is 1. The van der Waals surface area contributed by atoms with Crippen LogP contribution in [0.3, 0.4) is 0 Å². The molecule has 2 rings (SSSR count). The summed E-state index contributed by atoms with van der Waals surface area (Å²) >= 11 is 5.75. The molecule has 0 atom stereocenters. The topological polar surface area (TPSA) is 94.3 Å². The Morgan fingerprint density at radius 2 is 2.00 bits per heavy atom. The fourth-order valence-electron chi connectivity index (χ4n) is 1.74. The van der Waals surface area contributed by atoms with Crippen LogP contribution in [0.1, 0.15) is 5.69 Å². The zero-order valence-corrected chi connectivity index (χ0v) is 13.0. The van der Waals surface area contributed by atoms with E-state index in [4.69, 9.17) is 22.1 Å². The van der Waals surface area contributed by atoms with E-state index in [1.165, 1.54) is 25.3 Å². The van der Waals surface area contributed by atoms with Gasteiger partial charge in [-0.05, 0) is 37.3 Å². The Balaban J connectivity index is 2.45. The highest BCUT2D eigenvalue weighted by Crippen LogP contribution is 2.28.